The molecule has 0 saturated carbocycles. The molecule has 2 heterocycles. The van der Waals surface area contributed by atoms with Gasteiger partial charge in [0, 0.05) is 6.54 Å². The van der Waals surface area contributed by atoms with E-state index in [1.165, 1.54) is 0 Å². The third-order valence-electron chi connectivity index (χ3n) is 3.14. The van der Waals surface area contributed by atoms with E-state index in [2.05, 4.69) is 32.7 Å². The molecule has 1 aliphatic rings. The molecule has 17 heavy (non-hydrogen) atoms. The Kier molecular flexibility index (Phi) is 2.40. The Morgan fingerprint density at radius 3 is 2.82 bits per heavy atom. The molecule has 1 aliphatic heterocycles. The maximum atomic E-state index is 4.47. The number of anilines is 1. The lowest BCUT2D eigenvalue weighted by Gasteiger charge is -2.23. The lowest BCUT2D eigenvalue weighted by Crippen LogP contribution is -2.37. The van der Waals surface area contributed by atoms with Gasteiger partial charge in [0.25, 0.3) is 0 Å². The van der Waals surface area contributed by atoms with Crippen molar-refractivity contribution in [1.82, 2.24) is 20.5 Å². The molecule has 0 spiro atoms. The van der Waals surface area contributed by atoms with E-state index >= 15 is 0 Å². The zero-order chi connectivity index (χ0) is 11.7. The second-order valence-corrected chi connectivity index (χ2v) is 4.74. The van der Waals surface area contributed by atoms with Gasteiger partial charge in [-0.1, -0.05) is 12.1 Å². The fourth-order valence-electron chi connectivity index (χ4n) is 2.13. The molecular formula is C12H15N5. The molecule has 5 nitrogen and oxygen atoms in total. The van der Waals surface area contributed by atoms with Gasteiger partial charge in [-0.25, -0.2) is 4.98 Å². The van der Waals surface area contributed by atoms with E-state index in [1.54, 1.807) is 0 Å². The van der Waals surface area contributed by atoms with E-state index in [-0.39, 0.29) is 5.54 Å². The van der Waals surface area contributed by atoms with Gasteiger partial charge < -0.3 is 10.6 Å². The molecular weight excluding hydrogens is 214 g/mol. The Balaban J connectivity index is 1.90. The molecule has 1 saturated heterocycles. The minimum atomic E-state index is 0.0319. The molecule has 5 heteroatoms. The van der Waals surface area contributed by atoms with Crippen molar-refractivity contribution in [2.45, 2.75) is 18.9 Å². The summed E-state index contributed by atoms with van der Waals surface area (Å²) >= 11 is 0. The molecule has 1 unspecified atom stereocenters. The highest BCUT2D eigenvalue weighted by atomic mass is 15.3. The maximum absolute atomic E-state index is 4.47. The first-order valence-electron chi connectivity index (χ1n) is 5.84. The predicted molar refractivity (Wildman–Crippen MR) is 66.8 cm³/mol. The number of hydrogen-bond donors (Lipinski definition) is 2. The van der Waals surface area contributed by atoms with Crippen LogP contribution in [0.15, 0.2) is 24.3 Å². The Hall–Kier alpha value is -1.75. The summed E-state index contributed by atoms with van der Waals surface area (Å²) in [6, 6.07) is 7.76. The quantitative estimate of drug-likeness (QED) is 0.810. The average molecular weight is 229 g/mol. The summed E-state index contributed by atoms with van der Waals surface area (Å²) in [6.07, 6.45) is 1.07. The van der Waals surface area contributed by atoms with E-state index in [9.17, 15) is 0 Å². The van der Waals surface area contributed by atoms with E-state index in [0.29, 0.717) is 5.95 Å². The highest BCUT2D eigenvalue weighted by Crippen LogP contribution is 2.19. The zero-order valence-corrected chi connectivity index (χ0v) is 9.77. The highest BCUT2D eigenvalue weighted by molar-refractivity contribution is 5.74. The summed E-state index contributed by atoms with van der Waals surface area (Å²) in [7, 11) is 0. The van der Waals surface area contributed by atoms with E-state index < -0.39 is 0 Å². The number of benzene rings is 1. The van der Waals surface area contributed by atoms with Gasteiger partial charge in [0.15, 0.2) is 0 Å². The van der Waals surface area contributed by atoms with Crippen molar-refractivity contribution in [3.63, 3.8) is 0 Å². The molecule has 88 valence electrons. The molecule has 3 rings (SSSR count). The molecule has 1 aromatic carbocycles. The molecule has 0 amide bonds. The monoisotopic (exact) mass is 229 g/mol. The van der Waals surface area contributed by atoms with Crippen LogP contribution < -0.4 is 10.6 Å². The Morgan fingerprint density at radius 2 is 2.06 bits per heavy atom. The van der Waals surface area contributed by atoms with E-state index in [4.69, 9.17) is 0 Å². The second kappa shape index (κ2) is 3.92. The summed E-state index contributed by atoms with van der Waals surface area (Å²) in [5.74, 6) is 0.606. The first kappa shape index (κ1) is 10.4. The first-order valence-corrected chi connectivity index (χ1v) is 5.84. The van der Waals surface area contributed by atoms with Crippen LogP contribution in [-0.4, -0.2) is 33.8 Å². The molecule has 2 aromatic rings. The van der Waals surface area contributed by atoms with Crippen LogP contribution in [0.3, 0.4) is 0 Å². The molecule has 1 fully saturated rings. The van der Waals surface area contributed by atoms with Crippen molar-refractivity contribution in [3.05, 3.63) is 24.3 Å². The minimum Gasteiger partial charge on any atom is -0.346 e. The van der Waals surface area contributed by atoms with Crippen molar-refractivity contribution in [1.29, 1.82) is 0 Å². The number of fused-ring (bicyclic) bond motifs is 1. The van der Waals surface area contributed by atoms with Gasteiger partial charge in [0.1, 0.15) is 5.52 Å². The van der Waals surface area contributed by atoms with Crippen molar-refractivity contribution in [3.8, 4) is 0 Å². The van der Waals surface area contributed by atoms with Crippen molar-refractivity contribution >= 4 is 17.0 Å². The number of hydrogen-bond acceptors (Lipinski definition) is 5. The van der Waals surface area contributed by atoms with Gasteiger partial charge in [-0.15, -0.1) is 10.2 Å². The number of nitrogens with zero attached hydrogens (tertiary/aromatic N) is 3. The Labute approximate surface area is 99.7 Å². The number of aromatic nitrogens is 3. The van der Waals surface area contributed by atoms with Crippen LogP contribution in [0.4, 0.5) is 5.95 Å². The van der Waals surface area contributed by atoms with Gasteiger partial charge in [-0.3, -0.25) is 0 Å². The van der Waals surface area contributed by atoms with Crippen LogP contribution in [0.2, 0.25) is 0 Å². The highest BCUT2D eigenvalue weighted by Gasteiger charge is 2.29. The maximum Gasteiger partial charge on any atom is 0.243 e. The predicted octanol–water partition coefficient (Wildman–Crippen LogP) is 1.19. The van der Waals surface area contributed by atoms with Crippen molar-refractivity contribution in [2.75, 3.05) is 18.4 Å². The molecule has 1 atom stereocenters. The van der Waals surface area contributed by atoms with Crippen LogP contribution in [0.1, 0.15) is 13.3 Å². The third-order valence-corrected chi connectivity index (χ3v) is 3.14. The smallest absolute Gasteiger partial charge is 0.243 e. The fraction of sp³-hybridized carbons (Fsp3) is 0.417. The van der Waals surface area contributed by atoms with Gasteiger partial charge in [-0.2, -0.15) is 0 Å². The molecule has 0 bridgehead atoms. The third kappa shape index (κ3) is 2.06. The number of nitrogens with one attached hydrogen (secondary N) is 2. The van der Waals surface area contributed by atoms with Gasteiger partial charge in [0.05, 0.1) is 11.1 Å². The zero-order valence-electron chi connectivity index (χ0n) is 9.77. The lowest BCUT2D eigenvalue weighted by atomic mass is 10.0. The van der Waals surface area contributed by atoms with Crippen LogP contribution in [-0.2, 0) is 0 Å². The molecule has 1 aromatic heterocycles. The molecule has 2 N–H and O–H groups in total. The van der Waals surface area contributed by atoms with Crippen LogP contribution >= 0.6 is 0 Å². The number of para-hydroxylation sites is 1. The van der Waals surface area contributed by atoms with Crippen LogP contribution in [0.25, 0.3) is 11.0 Å². The Morgan fingerprint density at radius 1 is 1.24 bits per heavy atom. The van der Waals surface area contributed by atoms with Crippen molar-refractivity contribution in [2.24, 2.45) is 0 Å². The summed E-state index contributed by atoms with van der Waals surface area (Å²) in [6.45, 7) is 4.14. The average Bonchev–Trinajstić information content (AvgIpc) is 2.76. The fourth-order valence-corrected chi connectivity index (χ4v) is 2.13. The SMILES string of the molecule is CC1(Nc2nnc3ccccc3n2)CCNC1. The van der Waals surface area contributed by atoms with Gasteiger partial charge in [0.2, 0.25) is 5.95 Å². The van der Waals surface area contributed by atoms with Gasteiger partial charge >= 0.3 is 0 Å². The van der Waals surface area contributed by atoms with Gasteiger partial charge in [-0.05, 0) is 32.0 Å². The lowest BCUT2D eigenvalue weighted by molar-refractivity contribution is 0.560. The standard InChI is InChI=1S/C12H15N5/c1-12(6-7-13-8-12)15-11-14-9-4-2-3-5-10(9)16-17-11/h2-5,13H,6-8H2,1H3,(H,14,15,17). The summed E-state index contributed by atoms with van der Waals surface area (Å²) in [5.41, 5.74) is 1.73. The van der Waals surface area contributed by atoms with Crippen molar-refractivity contribution < 1.29 is 0 Å². The number of rotatable bonds is 2. The minimum absolute atomic E-state index is 0.0319. The first-order chi connectivity index (χ1) is 8.25. The Bertz CT molecular complexity index is 533. The van der Waals surface area contributed by atoms with Crippen LogP contribution in [0, 0.1) is 0 Å². The largest absolute Gasteiger partial charge is 0.346 e. The summed E-state index contributed by atoms with van der Waals surface area (Å²) in [5, 5.41) is 15.0. The van der Waals surface area contributed by atoms with E-state index in [1.807, 2.05) is 24.3 Å². The van der Waals surface area contributed by atoms with E-state index in [0.717, 1.165) is 30.5 Å². The molecule has 0 aliphatic carbocycles. The topological polar surface area (TPSA) is 62.7 Å². The molecule has 0 radical (unpaired) electrons. The summed E-state index contributed by atoms with van der Waals surface area (Å²) < 4.78 is 0. The summed E-state index contributed by atoms with van der Waals surface area (Å²) in [4.78, 5) is 4.47. The second-order valence-electron chi connectivity index (χ2n) is 4.74. The normalized spacial score (nSPS) is 24.1. The van der Waals surface area contributed by atoms with Crippen LogP contribution in [0.5, 0.6) is 0 Å².